The number of carbonyl (C=O) groups is 1. The van der Waals surface area contributed by atoms with E-state index in [1.54, 1.807) is 0 Å². The second-order valence-electron chi connectivity index (χ2n) is 9.75. The molecule has 3 rings (SSSR count). The van der Waals surface area contributed by atoms with Crippen LogP contribution >= 0.6 is 0 Å². The van der Waals surface area contributed by atoms with Gasteiger partial charge >= 0.3 is 5.97 Å². The van der Waals surface area contributed by atoms with Crippen molar-refractivity contribution in [3.05, 3.63) is 58.4 Å². The van der Waals surface area contributed by atoms with Gasteiger partial charge in [-0.2, -0.15) is 0 Å². The van der Waals surface area contributed by atoms with E-state index in [0.717, 1.165) is 54.2 Å². The number of nitrogens with zero attached hydrogens (tertiary/aromatic N) is 1. The Hall–Kier alpha value is -2.40. The SMILES string of the molecule is CCC1=C(CCC(=O)O)C=CC(OCCc2nc(C3=CC=C(C(C)(C)C)CC3)oc2C)C1. The maximum Gasteiger partial charge on any atom is 0.303 e. The second kappa shape index (κ2) is 10.5. The number of ether oxygens (including phenoxy) is 1. The highest BCUT2D eigenvalue weighted by Crippen LogP contribution is 2.36. The van der Waals surface area contributed by atoms with E-state index in [4.69, 9.17) is 19.2 Å². The Labute approximate surface area is 192 Å². The number of rotatable bonds is 9. The van der Waals surface area contributed by atoms with Crippen molar-refractivity contribution >= 4 is 11.5 Å². The molecule has 174 valence electrons. The van der Waals surface area contributed by atoms with Crippen LogP contribution in [0, 0.1) is 12.3 Å². The fourth-order valence-electron chi connectivity index (χ4n) is 4.32. The van der Waals surface area contributed by atoms with Gasteiger partial charge in [-0.15, -0.1) is 0 Å². The van der Waals surface area contributed by atoms with Gasteiger partial charge < -0.3 is 14.3 Å². The topological polar surface area (TPSA) is 72.6 Å². The first kappa shape index (κ1) is 24.2. The summed E-state index contributed by atoms with van der Waals surface area (Å²) in [6, 6.07) is 0. The van der Waals surface area contributed by atoms with Crippen LogP contribution in [0.5, 0.6) is 0 Å². The van der Waals surface area contributed by atoms with E-state index in [0.29, 0.717) is 19.4 Å². The number of oxazole rings is 1. The molecular weight excluding hydrogens is 402 g/mol. The quantitative estimate of drug-likeness (QED) is 0.470. The molecule has 1 aromatic rings. The lowest BCUT2D eigenvalue weighted by atomic mass is 9.80. The highest BCUT2D eigenvalue weighted by molar-refractivity contribution is 5.67. The molecule has 32 heavy (non-hydrogen) atoms. The molecule has 0 bridgehead atoms. The minimum Gasteiger partial charge on any atom is -0.481 e. The summed E-state index contributed by atoms with van der Waals surface area (Å²) in [5, 5.41) is 8.94. The first-order valence-corrected chi connectivity index (χ1v) is 11.8. The summed E-state index contributed by atoms with van der Waals surface area (Å²) < 4.78 is 12.1. The summed E-state index contributed by atoms with van der Waals surface area (Å²) in [4.78, 5) is 15.6. The van der Waals surface area contributed by atoms with Crippen LogP contribution < -0.4 is 0 Å². The fourth-order valence-corrected chi connectivity index (χ4v) is 4.32. The summed E-state index contributed by atoms with van der Waals surface area (Å²) in [5.41, 5.74) is 6.23. The lowest BCUT2D eigenvalue weighted by Gasteiger charge is -2.25. The van der Waals surface area contributed by atoms with Crippen molar-refractivity contribution in [2.45, 2.75) is 85.7 Å². The zero-order chi connectivity index (χ0) is 23.3. The maximum atomic E-state index is 10.9. The molecule has 0 radical (unpaired) electrons. The normalized spacial score (nSPS) is 19.2. The summed E-state index contributed by atoms with van der Waals surface area (Å²) >= 11 is 0. The highest BCUT2D eigenvalue weighted by Gasteiger charge is 2.22. The average molecular weight is 440 g/mol. The fraction of sp³-hybridized carbons (Fsp3) is 0.556. The van der Waals surface area contributed by atoms with Gasteiger partial charge in [0.2, 0.25) is 5.89 Å². The van der Waals surface area contributed by atoms with Crippen molar-refractivity contribution in [3.63, 3.8) is 0 Å². The lowest BCUT2D eigenvalue weighted by molar-refractivity contribution is -0.136. The Kier molecular flexibility index (Phi) is 7.94. The van der Waals surface area contributed by atoms with Gasteiger partial charge in [0.15, 0.2) is 0 Å². The van der Waals surface area contributed by atoms with Gasteiger partial charge in [0.25, 0.3) is 0 Å². The molecule has 0 spiro atoms. The van der Waals surface area contributed by atoms with Crippen LogP contribution in [0.1, 0.15) is 83.6 Å². The Morgan fingerprint density at radius 3 is 2.66 bits per heavy atom. The molecule has 0 amide bonds. The van der Waals surface area contributed by atoms with Gasteiger partial charge in [0.1, 0.15) is 5.76 Å². The zero-order valence-corrected chi connectivity index (χ0v) is 20.2. The predicted molar refractivity (Wildman–Crippen MR) is 127 cm³/mol. The van der Waals surface area contributed by atoms with Crippen molar-refractivity contribution in [2.75, 3.05) is 6.61 Å². The molecule has 1 unspecified atom stereocenters. The van der Waals surface area contributed by atoms with Gasteiger partial charge in [0, 0.05) is 18.4 Å². The molecule has 1 atom stereocenters. The number of aromatic nitrogens is 1. The molecule has 0 saturated heterocycles. The summed E-state index contributed by atoms with van der Waals surface area (Å²) in [6.07, 6.45) is 13.8. The predicted octanol–water partition coefficient (Wildman–Crippen LogP) is 6.59. The standard InChI is InChI=1S/C27H37NO4/c1-6-19-17-23(13-9-20(19)10-14-25(29)30)31-16-15-24-18(2)32-26(28-24)21-7-11-22(12-8-21)27(3,4)5/h7,9,11,13,23H,6,8,10,12,14-17H2,1-5H3,(H,29,30). The van der Waals surface area contributed by atoms with Gasteiger partial charge in [-0.25, -0.2) is 4.98 Å². The monoisotopic (exact) mass is 439 g/mol. The number of aryl methyl sites for hydroxylation is 1. The van der Waals surface area contributed by atoms with E-state index in [-0.39, 0.29) is 17.9 Å². The molecule has 1 N–H and O–H groups in total. The number of carboxylic acid groups (broad SMARTS) is 1. The van der Waals surface area contributed by atoms with E-state index >= 15 is 0 Å². The molecule has 0 aromatic carbocycles. The van der Waals surface area contributed by atoms with Gasteiger partial charge in [-0.05, 0) is 50.0 Å². The van der Waals surface area contributed by atoms with Crippen LogP contribution in [-0.2, 0) is 16.0 Å². The second-order valence-corrected chi connectivity index (χ2v) is 9.75. The van der Waals surface area contributed by atoms with Crippen LogP contribution in [0.4, 0.5) is 0 Å². The summed E-state index contributed by atoms with van der Waals surface area (Å²) in [7, 11) is 0. The third-order valence-electron chi connectivity index (χ3n) is 6.40. The first-order chi connectivity index (χ1) is 15.2. The number of carboxylic acids is 1. The minimum absolute atomic E-state index is 0.0345. The van der Waals surface area contributed by atoms with Crippen molar-refractivity contribution in [3.8, 4) is 0 Å². The third-order valence-corrected chi connectivity index (χ3v) is 6.40. The van der Waals surface area contributed by atoms with Gasteiger partial charge in [-0.1, -0.05) is 63.1 Å². The number of hydrogen-bond donors (Lipinski definition) is 1. The molecule has 2 aliphatic rings. The molecule has 0 fully saturated rings. The van der Waals surface area contributed by atoms with E-state index in [1.807, 2.05) is 13.0 Å². The third kappa shape index (κ3) is 6.32. The van der Waals surface area contributed by atoms with Crippen LogP contribution in [0.3, 0.4) is 0 Å². The lowest BCUT2D eigenvalue weighted by Crippen LogP contribution is -2.17. The minimum atomic E-state index is -0.753. The highest BCUT2D eigenvalue weighted by atomic mass is 16.5. The molecular formula is C27H37NO4. The Bertz CT molecular complexity index is 953. The van der Waals surface area contributed by atoms with Crippen LogP contribution in [0.15, 0.2) is 45.4 Å². The zero-order valence-electron chi connectivity index (χ0n) is 20.2. The van der Waals surface area contributed by atoms with Crippen LogP contribution in [0.2, 0.25) is 0 Å². The van der Waals surface area contributed by atoms with E-state index < -0.39 is 5.97 Å². The van der Waals surface area contributed by atoms with Crippen LogP contribution in [0.25, 0.3) is 5.57 Å². The van der Waals surface area contributed by atoms with Crippen molar-refractivity contribution < 1.29 is 19.1 Å². The molecule has 0 saturated carbocycles. The number of allylic oxidation sites excluding steroid dienone is 6. The van der Waals surface area contributed by atoms with Gasteiger partial charge in [-0.3, -0.25) is 4.79 Å². The first-order valence-electron chi connectivity index (χ1n) is 11.8. The molecule has 5 heteroatoms. The molecule has 5 nitrogen and oxygen atoms in total. The smallest absolute Gasteiger partial charge is 0.303 e. The van der Waals surface area contributed by atoms with E-state index in [1.165, 1.54) is 11.1 Å². The maximum absolute atomic E-state index is 10.9. The van der Waals surface area contributed by atoms with Gasteiger partial charge in [0.05, 0.1) is 18.4 Å². The molecule has 1 heterocycles. The molecule has 2 aliphatic carbocycles. The Morgan fingerprint density at radius 1 is 1.25 bits per heavy atom. The van der Waals surface area contributed by atoms with Crippen molar-refractivity contribution in [1.29, 1.82) is 0 Å². The van der Waals surface area contributed by atoms with Crippen LogP contribution in [-0.4, -0.2) is 28.8 Å². The molecule has 1 aromatic heterocycles. The Balaban J connectivity index is 1.54. The largest absolute Gasteiger partial charge is 0.481 e. The molecule has 0 aliphatic heterocycles. The summed E-state index contributed by atoms with van der Waals surface area (Å²) in [6.45, 7) is 11.4. The van der Waals surface area contributed by atoms with Crippen molar-refractivity contribution in [2.24, 2.45) is 5.41 Å². The van der Waals surface area contributed by atoms with Crippen molar-refractivity contribution in [1.82, 2.24) is 4.98 Å². The number of hydrogen-bond acceptors (Lipinski definition) is 4. The van der Waals surface area contributed by atoms with E-state index in [9.17, 15) is 4.79 Å². The number of aliphatic carboxylic acids is 1. The Morgan fingerprint density at radius 2 is 2.03 bits per heavy atom. The summed E-state index contributed by atoms with van der Waals surface area (Å²) in [5.74, 6) is 0.842. The van der Waals surface area contributed by atoms with E-state index in [2.05, 4.69) is 45.9 Å². The average Bonchev–Trinajstić information content (AvgIpc) is 3.12.